The van der Waals surface area contributed by atoms with E-state index in [9.17, 15) is 5.11 Å². The molecule has 0 saturated carbocycles. The second-order valence-corrected chi connectivity index (χ2v) is 3.24. The minimum absolute atomic E-state index is 0.267. The van der Waals surface area contributed by atoms with Crippen LogP contribution in [0.3, 0.4) is 0 Å². The van der Waals surface area contributed by atoms with Gasteiger partial charge in [0.05, 0.1) is 19.0 Å². The Labute approximate surface area is 93.2 Å². The normalized spacial score (nSPS) is 10.8. The topological polar surface area (TPSA) is 57.8 Å². The summed E-state index contributed by atoms with van der Waals surface area (Å²) < 4.78 is 5.07. The third-order valence-corrected chi connectivity index (χ3v) is 2.09. The summed E-state index contributed by atoms with van der Waals surface area (Å²) in [6, 6.07) is 10.7. The van der Waals surface area contributed by atoms with Gasteiger partial charge < -0.3 is 14.9 Å². The largest absolute Gasteiger partial charge is 0.508 e. The van der Waals surface area contributed by atoms with Crippen molar-refractivity contribution >= 4 is 6.21 Å². The second-order valence-electron chi connectivity index (χ2n) is 3.24. The van der Waals surface area contributed by atoms with Gasteiger partial charge in [-0.1, -0.05) is 18.2 Å². The maximum atomic E-state index is 9.48. The van der Waals surface area contributed by atoms with Crippen LogP contribution in [-0.2, 0) is 6.54 Å². The average molecular weight is 216 g/mol. The Morgan fingerprint density at radius 3 is 2.88 bits per heavy atom. The molecular weight excluding hydrogens is 204 g/mol. The molecular formula is C12H12N2O2. The number of rotatable bonds is 4. The summed E-state index contributed by atoms with van der Waals surface area (Å²) in [4.78, 5) is 0. The average Bonchev–Trinajstić information content (AvgIpc) is 2.79. The van der Waals surface area contributed by atoms with Crippen LogP contribution in [0.2, 0.25) is 0 Å². The minimum atomic E-state index is 0.267. The zero-order valence-corrected chi connectivity index (χ0v) is 8.63. The van der Waals surface area contributed by atoms with Crippen molar-refractivity contribution in [3.8, 4) is 5.75 Å². The number of hydrazone groups is 1. The van der Waals surface area contributed by atoms with Crippen LogP contribution < -0.4 is 5.43 Å². The monoisotopic (exact) mass is 216 g/mol. The summed E-state index contributed by atoms with van der Waals surface area (Å²) in [7, 11) is 0. The van der Waals surface area contributed by atoms with Gasteiger partial charge in [-0.05, 0) is 18.2 Å². The molecule has 0 unspecified atom stereocenters. The summed E-state index contributed by atoms with van der Waals surface area (Å²) in [6.07, 6.45) is 3.17. The maximum Gasteiger partial charge on any atom is 0.146 e. The van der Waals surface area contributed by atoms with Crippen molar-refractivity contribution < 1.29 is 9.52 Å². The van der Waals surface area contributed by atoms with Crippen molar-refractivity contribution in [2.75, 3.05) is 0 Å². The number of furan rings is 1. The number of phenolic OH excluding ortho intramolecular Hbond substituents is 1. The van der Waals surface area contributed by atoms with Crippen LogP contribution in [0.15, 0.2) is 52.2 Å². The standard InChI is InChI=1S/C12H12N2O2/c15-12-6-2-1-4-10(12)8-13-14-9-11-5-3-7-16-11/h1-7,9,13,15H,8H2. The summed E-state index contributed by atoms with van der Waals surface area (Å²) in [5, 5.41) is 13.5. The van der Waals surface area contributed by atoms with E-state index in [2.05, 4.69) is 10.5 Å². The van der Waals surface area contributed by atoms with Gasteiger partial charge >= 0.3 is 0 Å². The molecule has 0 aliphatic rings. The molecule has 0 radical (unpaired) electrons. The summed E-state index contributed by atoms with van der Waals surface area (Å²) in [5.41, 5.74) is 3.63. The number of nitrogens with zero attached hydrogens (tertiary/aromatic N) is 1. The lowest BCUT2D eigenvalue weighted by Crippen LogP contribution is -2.05. The van der Waals surface area contributed by atoms with Crippen molar-refractivity contribution in [2.45, 2.75) is 6.54 Å². The van der Waals surface area contributed by atoms with E-state index >= 15 is 0 Å². The van der Waals surface area contributed by atoms with Crippen molar-refractivity contribution in [1.82, 2.24) is 5.43 Å². The Morgan fingerprint density at radius 2 is 2.12 bits per heavy atom. The summed E-state index contributed by atoms with van der Waals surface area (Å²) >= 11 is 0. The van der Waals surface area contributed by atoms with E-state index < -0.39 is 0 Å². The van der Waals surface area contributed by atoms with Gasteiger partial charge in [0.1, 0.15) is 11.5 Å². The van der Waals surface area contributed by atoms with Crippen LogP contribution in [0.25, 0.3) is 0 Å². The molecule has 1 aromatic heterocycles. The number of benzene rings is 1. The molecule has 0 aliphatic heterocycles. The highest BCUT2D eigenvalue weighted by atomic mass is 16.3. The quantitative estimate of drug-likeness (QED) is 0.608. The van der Waals surface area contributed by atoms with E-state index in [0.29, 0.717) is 12.3 Å². The van der Waals surface area contributed by atoms with Crippen molar-refractivity contribution in [3.63, 3.8) is 0 Å². The van der Waals surface area contributed by atoms with Gasteiger partial charge in [0.25, 0.3) is 0 Å². The number of phenols is 1. The van der Waals surface area contributed by atoms with Gasteiger partial charge in [-0.2, -0.15) is 5.10 Å². The van der Waals surface area contributed by atoms with E-state index in [1.807, 2.05) is 18.2 Å². The molecule has 16 heavy (non-hydrogen) atoms. The maximum absolute atomic E-state index is 9.48. The molecule has 1 heterocycles. The molecule has 2 aromatic rings. The van der Waals surface area contributed by atoms with Gasteiger partial charge in [-0.25, -0.2) is 0 Å². The fourth-order valence-corrected chi connectivity index (χ4v) is 1.27. The van der Waals surface area contributed by atoms with E-state index in [1.165, 1.54) is 0 Å². The van der Waals surface area contributed by atoms with E-state index in [-0.39, 0.29) is 5.75 Å². The van der Waals surface area contributed by atoms with Gasteiger partial charge in [0.2, 0.25) is 0 Å². The molecule has 1 aromatic carbocycles. The first kappa shape index (κ1) is 10.3. The molecule has 0 saturated heterocycles. The number of nitrogens with one attached hydrogen (secondary N) is 1. The summed E-state index contributed by atoms with van der Waals surface area (Å²) in [6.45, 7) is 0.476. The Hall–Kier alpha value is -2.23. The van der Waals surface area contributed by atoms with E-state index in [0.717, 1.165) is 5.56 Å². The van der Waals surface area contributed by atoms with E-state index in [1.54, 1.807) is 30.7 Å². The van der Waals surface area contributed by atoms with Gasteiger partial charge in [-0.3, -0.25) is 0 Å². The molecule has 4 heteroatoms. The van der Waals surface area contributed by atoms with Gasteiger partial charge in [-0.15, -0.1) is 0 Å². The first-order valence-corrected chi connectivity index (χ1v) is 4.92. The fourth-order valence-electron chi connectivity index (χ4n) is 1.27. The number of para-hydroxylation sites is 1. The van der Waals surface area contributed by atoms with Crippen LogP contribution >= 0.6 is 0 Å². The zero-order valence-electron chi connectivity index (χ0n) is 8.63. The molecule has 2 rings (SSSR count). The number of aromatic hydroxyl groups is 1. The van der Waals surface area contributed by atoms with Crippen LogP contribution in [0.4, 0.5) is 0 Å². The van der Waals surface area contributed by atoms with Crippen LogP contribution in [0.5, 0.6) is 5.75 Å². The highest BCUT2D eigenvalue weighted by Crippen LogP contribution is 2.14. The Morgan fingerprint density at radius 1 is 1.25 bits per heavy atom. The van der Waals surface area contributed by atoms with Crippen LogP contribution in [0.1, 0.15) is 11.3 Å². The molecule has 82 valence electrons. The van der Waals surface area contributed by atoms with Crippen molar-refractivity contribution in [3.05, 3.63) is 54.0 Å². The molecule has 0 bridgehead atoms. The third kappa shape index (κ3) is 2.63. The molecule has 2 N–H and O–H groups in total. The lowest BCUT2D eigenvalue weighted by atomic mass is 10.2. The van der Waals surface area contributed by atoms with Gasteiger partial charge in [0.15, 0.2) is 0 Å². The highest BCUT2D eigenvalue weighted by molar-refractivity contribution is 5.75. The smallest absolute Gasteiger partial charge is 0.146 e. The Kier molecular flexibility index (Phi) is 3.23. The van der Waals surface area contributed by atoms with Gasteiger partial charge in [0, 0.05) is 5.56 Å². The predicted molar refractivity (Wildman–Crippen MR) is 61.2 cm³/mol. The Bertz CT molecular complexity index is 464. The zero-order chi connectivity index (χ0) is 11.2. The molecule has 0 spiro atoms. The third-order valence-electron chi connectivity index (χ3n) is 2.09. The minimum Gasteiger partial charge on any atom is -0.508 e. The van der Waals surface area contributed by atoms with Crippen molar-refractivity contribution in [1.29, 1.82) is 0 Å². The van der Waals surface area contributed by atoms with E-state index in [4.69, 9.17) is 4.42 Å². The highest BCUT2D eigenvalue weighted by Gasteiger charge is 1.96. The predicted octanol–water partition coefficient (Wildman–Crippen LogP) is 2.11. The molecule has 0 amide bonds. The molecule has 0 atom stereocenters. The lowest BCUT2D eigenvalue weighted by Gasteiger charge is -2.02. The molecule has 4 nitrogen and oxygen atoms in total. The number of hydrogen-bond donors (Lipinski definition) is 2. The second kappa shape index (κ2) is 5.02. The van der Waals surface area contributed by atoms with Crippen molar-refractivity contribution in [2.24, 2.45) is 5.10 Å². The SMILES string of the molecule is Oc1ccccc1CNN=Cc1ccco1. The van der Waals surface area contributed by atoms with Crippen LogP contribution in [-0.4, -0.2) is 11.3 Å². The fraction of sp³-hybridized carbons (Fsp3) is 0.0833. The molecule has 0 aliphatic carbocycles. The molecule has 0 fully saturated rings. The first-order chi connectivity index (χ1) is 7.86. The summed E-state index contributed by atoms with van der Waals surface area (Å²) in [5.74, 6) is 0.952. The number of hydrogen-bond acceptors (Lipinski definition) is 4. The first-order valence-electron chi connectivity index (χ1n) is 4.92. The van der Waals surface area contributed by atoms with Crippen LogP contribution in [0, 0.1) is 0 Å². The lowest BCUT2D eigenvalue weighted by molar-refractivity contribution is 0.465. The Balaban J connectivity index is 1.87.